The first-order valence-electron chi connectivity index (χ1n) is 6.18. The highest BCUT2D eigenvalue weighted by molar-refractivity contribution is 7.07. The Morgan fingerprint density at radius 3 is 2.94 bits per heavy atom. The monoisotopic (exact) mass is 253 g/mol. The maximum atomic E-state index is 11.7. The van der Waals surface area contributed by atoms with Crippen LogP contribution in [0.15, 0.2) is 10.9 Å². The molecule has 0 bridgehead atoms. The minimum atomic E-state index is -0.0601. The molecule has 1 aromatic rings. The lowest BCUT2D eigenvalue weighted by Crippen LogP contribution is -2.44. The highest BCUT2D eigenvalue weighted by atomic mass is 32.1. The number of piperidine rings is 1. The molecule has 0 aromatic carbocycles. The van der Waals surface area contributed by atoms with Crippen molar-refractivity contribution in [2.45, 2.75) is 32.2 Å². The molecule has 1 saturated heterocycles. The number of amides is 1. The molecule has 1 unspecified atom stereocenters. The van der Waals surface area contributed by atoms with Gasteiger partial charge in [-0.15, -0.1) is 11.3 Å². The molecule has 1 atom stereocenters. The Labute approximate surface area is 106 Å². The number of aromatic nitrogens is 1. The van der Waals surface area contributed by atoms with E-state index in [4.69, 9.17) is 0 Å². The number of nitrogens with zero attached hydrogens (tertiary/aromatic N) is 2. The van der Waals surface area contributed by atoms with Gasteiger partial charge in [0.05, 0.1) is 5.51 Å². The lowest BCUT2D eigenvalue weighted by atomic mass is 10.1. The van der Waals surface area contributed by atoms with Crippen molar-refractivity contribution < 1.29 is 4.79 Å². The average molecular weight is 253 g/mol. The average Bonchev–Trinajstić information content (AvgIpc) is 2.90. The zero-order valence-corrected chi connectivity index (χ0v) is 11.0. The van der Waals surface area contributed by atoms with Gasteiger partial charge in [0.2, 0.25) is 0 Å². The first kappa shape index (κ1) is 12.5. The fourth-order valence-corrected chi connectivity index (χ4v) is 2.68. The van der Waals surface area contributed by atoms with E-state index < -0.39 is 0 Å². The number of hydrogen-bond donors (Lipinski definition) is 1. The summed E-state index contributed by atoms with van der Waals surface area (Å²) in [5, 5.41) is 4.72. The molecule has 0 spiro atoms. The van der Waals surface area contributed by atoms with Crippen molar-refractivity contribution >= 4 is 17.2 Å². The molecule has 2 rings (SSSR count). The van der Waals surface area contributed by atoms with E-state index in [1.807, 2.05) is 0 Å². The SMILES string of the molecule is CC(CNC(=O)c1cscn1)N1CCCCC1. The fraction of sp³-hybridized carbons (Fsp3) is 0.667. The summed E-state index contributed by atoms with van der Waals surface area (Å²) in [5.74, 6) is -0.0601. The molecule has 2 heterocycles. The van der Waals surface area contributed by atoms with Crippen molar-refractivity contribution in [2.24, 2.45) is 0 Å². The third-order valence-electron chi connectivity index (χ3n) is 3.24. The summed E-state index contributed by atoms with van der Waals surface area (Å²) < 4.78 is 0. The number of rotatable bonds is 4. The second-order valence-electron chi connectivity index (χ2n) is 4.53. The number of carbonyl (C=O) groups is 1. The maximum Gasteiger partial charge on any atom is 0.270 e. The molecular formula is C12H19N3OS. The lowest BCUT2D eigenvalue weighted by molar-refractivity contribution is 0.0926. The van der Waals surface area contributed by atoms with Crippen molar-refractivity contribution in [1.82, 2.24) is 15.2 Å². The van der Waals surface area contributed by atoms with Crippen LogP contribution in [-0.4, -0.2) is 41.5 Å². The van der Waals surface area contributed by atoms with Crippen LogP contribution in [0, 0.1) is 0 Å². The first-order valence-corrected chi connectivity index (χ1v) is 7.12. The Morgan fingerprint density at radius 2 is 2.29 bits per heavy atom. The topological polar surface area (TPSA) is 45.2 Å². The molecule has 5 heteroatoms. The second-order valence-corrected chi connectivity index (χ2v) is 5.25. The second kappa shape index (κ2) is 6.12. The number of likely N-dealkylation sites (tertiary alicyclic amines) is 1. The largest absolute Gasteiger partial charge is 0.349 e. The fourth-order valence-electron chi connectivity index (χ4n) is 2.14. The van der Waals surface area contributed by atoms with Gasteiger partial charge in [-0.3, -0.25) is 9.69 Å². The lowest BCUT2D eigenvalue weighted by Gasteiger charge is -2.32. The van der Waals surface area contributed by atoms with E-state index in [2.05, 4.69) is 22.1 Å². The number of nitrogens with one attached hydrogen (secondary N) is 1. The van der Waals surface area contributed by atoms with Gasteiger partial charge in [-0.05, 0) is 32.9 Å². The Bertz CT molecular complexity index is 347. The molecule has 0 saturated carbocycles. The van der Waals surface area contributed by atoms with Gasteiger partial charge in [-0.2, -0.15) is 0 Å². The van der Waals surface area contributed by atoms with Gasteiger partial charge < -0.3 is 5.32 Å². The molecule has 1 N–H and O–H groups in total. The molecule has 17 heavy (non-hydrogen) atoms. The summed E-state index contributed by atoms with van der Waals surface area (Å²) in [4.78, 5) is 18.2. The molecule has 1 aromatic heterocycles. The van der Waals surface area contributed by atoms with Crippen LogP contribution in [0.25, 0.3) is 0 Å². The van der Waals surface area contributed by atoms with E-state index in [-0.39, 0.29) is 5.91 Å². The van der Waals surface area contributed by atoms with Gasteiger partial charge in [-0.25, -0.2) is 4.98 Å². The Balaban J connectivity index is 1.75. The highest BCUT2D eigenvalue weighted by Crippen LogP contribution is 2.11. The molecular weight excluding hydrogens is 234 g/mol. The molecule has 0 aliphatic carbocycles. The van der Waals surface area contributed by atoms with Crippen LogP contribution in [0.2, 0.25) is 0 Å². The maximum absolute atomic E-state index is 11.7. The predicted molar refractivity (Wildman–Crippen MR) is 69.3 cm³/mol. The molecule has 1 fully saturated rings. The van der Waals surface area contributed by atoms with Crippen LogP contribution in [0.1, 0.15) is 36.7 Å². The summed E-state index contributed by atoms with van der Waals surface area (Å²) in [7, 11) is 0. The van der Waals surface area contributed by atoms with E-state index >= 15 is 0 Å². The normalized spacial score (nSPS) is 18.9. The first-order chi connectivity index (χ1) is 8.27. The number of hydrogen-bond acceptors (Lipinski definition) is 4. The minimum absolute atomic E-state index is 0.0601. The zero-order chi connectivity index (χ0) is 12.1. The van der Waals surface area contributed by atoms with Crippen molar-refractivity contribution in [3.05, 3.63) is 16.6 Å². The Hall–Kier alpha value is -0.940. The third-order valence-corrected chi connectivity index (χ3v) is 3.82. The summed E-state index contributed by atoms with van der Waals surface area (Å²) in [6.07, 6.45) is 3.91. The van der Waals surface area contributed by atoms with Crippen molar-refractivity contribution in [1.29, 1.82) is 0 Å². The van der Waals surface area contributed by atoms with Crippen LogP contribution in [0.5, 0.6) is 0 Å². The highest BCUT2D eigenvalue weighted by Gasteiger charge is 2.17. The molecule has 1 aliphatic heterocycles. The van der Waals surface area contributed by atoms with Gasteiger partial charge in [0.15, 0.2) is 0 Å². The van der Waals surface area contributed by atoms with E-state index in [0.29, 0.717) is 18.3 Å². The third kappa shape index (κ3) is 3.51. The van der Waals surface area contributed by atoms with Gasteiger partial charge in [0.25, 0.3) is 5.91 Å². The van der Waals surface area contributed by atoms with E-state index in [1.54, 1.807) is 10.9 Å². The Morgan fingerprint density at radius 1 is 1.53 bits per heavy atom. The zero-order valence-electron chi connectivity index (χ0n) is 10.2. The summed E-state index contributed by atoms with van der Waals surface area (Å²) in [6, 6.07) is 0.415. The van der Waals surface area contributed by atoms with Crippen LogP contribution in [-0.2, 0) is 0 Å². The van der Waals surface area contributed by atoms with Gasteiger partial charge in [-0.1, -0.05) is 6.42 Å². The van der Waals surface area contributed by atoms with E-state index in [0.717, 1.165) is 13.1 Å². The Kier molecular flexibility index (Phi) is 4.50. The molecule has 1 amide bonds. The van der Waals surface area contributed by atoms with Crippen LogP contribution < -0.4 is 5.32 Å². The smallest absolute Gasteiger partial charge is 0.270 e. The van der Waals surface area contributed by atoms with Crippen LogP contribution >= 0.6 is 11.3 Å². The van der Waals surface area contributed by atoms with Crippen molar-refractivity contribution in [3.63, 3.8) is 0 Å². The van der Waals surface area contributed by atoms with E-state index in [9.17, 15) is 4.79 Å². The molecule has 1 aliphatic rings. The van der Waals surface area contributed by atoms with Gasteiger partial charge in [0, 0.05) is 18.0 Å². The van der Waals surface area contributed by atoms with Crippen LogP contribution in [0.3, 0.4) is 0 Å². The number of thiazole rings is 1. The molecule has 94 valence electrons. The predicted octanol–water partition coefficient (Wildman–Crippen LogP) is 1.75. The summed E-state index contributed by atoms with van der Waals surface area (Å²) in [6.45, 7) is 5.20. The standard InChI is InChI=1S/C12H19N3OS/c1-10(15-5-3-2-4-6-15)7-13-12(16)11-8-17-9-14-11/h8-10H,2-7H2,1H3,(H,13,16). The summed E-state index contributed by atoms with van der Waals surface area (Å²) in [5.41, 5.74) is 2.21. The number of carbonyl (C=O) groups excluding carboxylic acids is 1. The van der Waals surface area contributed by atoms with E-state index in [1.165, 1.54) is 30.6 Å². The summed E-state index contributed by atoms with van der Waals surface area (Å²) >= 11 is 1.45. The van der Waals surface area contributed by atoms with Crippen LogP contribution in [0.4, 0.5) is 0 Å². The van der Waals surface area contributed by atoms with Crippen molar-refractivity contribution in [2.75, 3.05) is 19.6 Å². The molecule has 0 radical (unpaired) electrons. The van der Waals surface area contributed by atoms with Gasteiger partial charge >= 0.3 is 0 Å². The molecule has 4 nitrogen and oxygen atoms in total. The minimum Gasteiger partial charge on any atom is -0.349 e. The van der Waals surface area contributed by atoms with Crippen molar-refractivity contribution in [3.8, 4) is 0 Å². The van der Waals surface area contributed by atoms with Gasteiger partial charge in [0.1, 0.15) is 5.69 Å². The quantitative estimate of drug-likeness (QED) is 0.889.